The molecule has 3 aromatic rings. The van der Waals surface area contributed by atoms with E-state index < -0.39 is 0 Å². The van der Waals surface area contributed by atoms with Crippen molar-refractivity contribution in [3.63, 3.8) is 0 Å². The molecule has 0 aliphatic carbocycles. The molecule has 2 aromatic carbocycles. The molecule has 128 valence electrons. The number of hydrogen-bond acceptors (Lipinski definition) is 3. The Bertz CT molecular complexity index is 797. The monoisotopic (exact) mass is 335 g/mol. The molecular weight excluding hydrogens is 314 g/mol. The molecule has 0 radical (unpaired) electrons. The van der Waals surface area contributed by atoms with Crippen LogP contribution in [0.3, 0.4) is 0 Å². The topological polar surface area (TPSA) is 51.5 Å². The van der Waals surface area contributed by atoms with Crippen LogP contribution < -0.4 is 10.1 Å². The van der Waals surface area contributed by atoms with E-state index in [-0.39, 0.29) is 11.9 Å². The zero-order chi connectivity index (χ0) is 17.5. The van der Waals surface area contributed by atoms with Crippen molar-refractivity contribution in [2.24, 2.45) is 0 Å². The number of nitrogens with one attached hydrogen (secondary N) is 1. The molecule has 3 rings (SSSR count). The second-order valence-electron chi connectivity index (χ2n) is 5.96. The van der Waals surface area contributed by atoms with E-state index in [1.165, 1.54) is 0 Å². The largest absolute Gasteiger partial charge is 0.489 e. The van der Waals surface area contributed by atoms with E-state index in [1.807, 2.05) is 61.5 Å². The molecule has 25 heavy (non-hydrogen) atoms. The first kappa shape index (κ1) is 16.8. The third kappa shape index (κ3) is 4.98. The number of benzene rings is 2. The first-order chi connectivity index (χ1) is 12.2. The van der Waals surface area contributed by atoms with Crippen molar-refractivity contribution in [3.05, 3.63) is 89.9 Å². The Morgan fingerprint density at radius 2 is 1.92 bits per heavy atom. The van der Waals surface area contributed by atoms with E-state index in [2.05, 4.69) is 5.32 Å². The van der Waals surface area contributed by atoms with Crippen LogP contribution >= 0.6 is 0 Å². The van der Waals surface area contributed by atoms with Gasteiger partial charge in [-0.25, -0.2) is 0 Å². The summed E-state index contributed by atoms with van der Waals surface area (Å²) in [5.41, 5.74) is 1.67. The van der Waals surface area contributed by atoms with Crippen molar-refractivity contribution in [1.29, 1.82) is 0 Å². The highest BCUT2D eigenvalue weighted by Gasteiger charge is 2.12. The highest BCUT2D eigenvalue weighted by Crippen LogP contribution is 2.15. The van der Waals surface area contributed by atoms with Crippen molar-refractivity contribution in [2.75, 3.05) is 0 Å². The van der Waals surface area contributed by atoms with Crippen LogP contribution in [0.1, 0.15) is 28.6 Å². The molecule has 0 saturated heterocycles. The number of furan rings is 1. The summed E-state index contributed by atoms with van der Waals surface area (Å²) in [6.45, 7) is 2.43. The van der Waals surface area contributed by atoms with E-state index in [0.29, 0.717) is 24.3 Å². The van der Waals surface area contributed by atoms with Gasteiger partial charge in [0, 0.05) is 18.0 Å². The third-order valence-electron chi connectivity index (χ3n) is 3.81. The van der Waals surface area contributed by atoms with E-state index in [0.717, 1.165) is 11.3 Å². The van der Waals surface area contributed by atoms with Gasteiger partial charge in [0.05, 0.1) is 6.26 Å². The van der Waals surface area contributed by atoms with Gasteiger partial charge in [0.15, 0.2) is 0 Å². The fraction of sp³-hybridized carbons (Fsp3) is 0.190. The minimum Gasteiger partial charge on any atom is -0.489 e. The lowest BCUT2D eigenvalue weighted by molar-refractivity contribution is 0.0939. The predicted molar refractivity (Wildman–Crippen MR) is 96.6 cm³/mol. The summed E-state index contributed by atoms with van der Waals surface area (Å²) in [5.74, 6) is 1.41. The second-order valence-corrected chi connectivity index (χ2v) is 5.96. The molecule has 1 atom stereocenters. The van der Waals surface area contributed by atoms with Crippen molar-refractivity contribution in [1.82, 2.24) is 5.32 Å². The van der Waals surface area contributed by atoms with Gasteiger partial charge in [-0.15, -0.1) is 0 Å². The van der Waals surface area contributed by atoms with E-state index >= 15 is 0 Å². The maximum absolute atomic E-state index is 12.4. The van der Waals surface area contributed by atoms with Gasteiger partial charge in [0.1, 0.15) is 18.1 Å². The van der Waals surface area contributed by atoms with E-state index in [9.17, 15) is 4.79 Å². The fourth-order valence-corrected chi connectivity index (χ4v) is 2.56. The molecule has 1 N–H and O–H groups in total. The second kappa shape index (κ2) is 8.20. The molecule has 0 aliphatic heterocycles. The van der Waals surface area contributed by atoms with Crippen molar-refractivity contribution in [3.8, 4) is 5.75 Å². The molecule has 0 aliphatic rings. The quantitative estimate of drug-likeness (QED) is 0.703. The molecule has 1 heterocycles. The first-order valence-corrected chi connectivity index (χ1v) is 8.31. The maximum atomic E-state index is 12.4. The smallest absolute Gasteiger partial charge is 0.251 e. The summed E-state index contributed by atoms with van der Waals surface area (Å²) in [6.07, 6.45) is 2.29. The fourth-order valence-electron chi connectivity index (χ4n) is 2.56. The van der Waals surface area contributed by atoms with Crippen LogP contribution in [0.25, 0.3) is 0 Å². The zero-order valence-corrected chi connectivity index (χ0v) is 14.1. The van der Waals surface area contributed by atoms with E-state index in [1.54, 1.807) is 18.4 Å². The van der Waals surface area contributed by atoms with Gasteiger partial charge in [0.2, 0.25) is 0 Å². The highest BCUT2D eigenvalue weighted by molar-refractivity contribution is 5.94. The summed E-state index contributed by atoms with van der Waals surface area (Å²) in [6, 6.07) is 20.9. The van der Waals surface area contributed by atoms with Crippen LogP contribution in [0.5, 0.6) is 5.75 Å². The summed E-state index contributed by atoms with van der Waals surface area (Å²) in [7, 11) is 0. The van der Waals surface area contributed by atoms with Gasteiger partial charge in [-0.05, 0) is 42.8 Å². The Balaban J connectivity index is 1.57. The van der Waals surface area contributed by atoms with Crippen molar-refractivity contribution < 1.29 is 13.9 Å². The standard InChI is InChI=1S/C21H21NO3/c1-16(13-19-11-6-12-24-19)22-21(23)18-9-5-10-20(14-18)25-15-17-7-3-2-4-8-17/h2-12,14,16H,13,15H2,1H3,(H,22,23). The van der Waals surface area contributed by atoms with Crippen LogP contribution in [-0.4, -0.2) is 11.9 Å². The molecule has 0 saturated carbocycles. The third-order valence-corrected chi connectivity index (χ3v) is 3.81. The van der Waals surface area contributed by atoms with Crippen LogP contribution in [0.4, 0.5) is 0 Å². The first-order valence-electron chi connectivity index (χ1n) is 8.31. The van der Waals surface area contributed by atoms with Crippen molar-refractivity contribution in [2.45, 2.75) is 26.0 Å². The predicted octanol–water partition coefficient (Wildman–Crippen LogP) is 4.22. The van der Waals surface area contributed by atoms with Gasteiger partial charge in [-0.1, -0.05) is 36.4 Å². The number of hydrogen-bond donors (Lipinski definition) is 1. The number of ether oxygens (including phenoxy) is 1. The van der Waals surface area contributed by atoms with Crippen LogP contribution in [0.2, 0.25) is 0 Å². The number of carbonyl (C=O) groups is 1. The summed E-state index contributed by atoms with van der Waals surface area (Å²) in [4.78, 5) is 12.4. The Morgan fingerprint density at radius 3 is 2.68 bits per heavy atom. The zero-order valence-electron chi connectivity index (χ0n) is 14.1. The number of carbonyl (C=O) groups excluding carboxylic acids is 1. The van der Waals surface area contributed by atoms with Gasteiger partial charge in [0.25, 0.3) is 5.91 Å². The van der Waals surface area contributed by atoms with Crippen LogP contribution in [0, 0.1) is 0 Å². The number of rotatable bonds is 7. The Morgan fingerprint density at radius 1 is 1.08 bits per heavy atom. The lowest BCUT2D eigenvalue weighted by Crippen LogP contribution is -2.33. The number of amides is 1. The summed E-state index contributed by atoms with van der Waals surface area (Å²) < 4.78 is 11.1. The molecular formula is C21H21NO3. The normalized spacial score (nSPS) is 11.7. The van der Waals surface area contributed by atoms with Gasteiger partial charge >= 0.3 is 0 Å². The molecule has 4 nitrogen and oxygen atoms in total. The molecule has 1 aromatic heterocycles. The maximum Gasteiger partial charge on any atom is 0.251 e. The molecule has 0 fully saturated rings. The lowest BCUT2D eigenvalue weighted by Gasteiger charge is -2.13. The minimum absolute atomic E-state index is 0.0208. The highest BCUT2D eigenvalue weighted by atomic mass is 16.5. The lowest BCUT2D eigenvalue weighted by atomic mass is 10.1. The van der Waals surface area contributed by atoms with Gasteiger partial charge < -0.3 is 14.5 Å². The van der Waals surface area contributed by atoms with E-state index in [4.69, 9.17) is 9.15 Å². The molecule has 4 heteroatoms. The van der Waals surface area contributed by atoms with Gasteiger partial charge in [-0.3, -0.25) is 4.79 Å². The minimum atomic E-state index is -0.121. The Labute approximate surface area is 147 Å². The average molecular weight is 335 g/mol. The molecule has 0 spiro atoms. The summed E-state index contributed by atoms with van der Waals surface area (Å²) >= 11 is 0. The Kier molecular flexibility index (Phi) is 5.52. The average Bonchev–Trinajstić information content (AvgIpc) is 3.14. The molecule has 1 amide bonds. The van der Waals surface area contributed by atoms with Crippen LogP contribution in [0.15, 0.2) is 77.4 Å². The molecule has 1 unspecified atom stereocenters. The van der Waals surface area contributed by atoms with Gasteiger partial charge in [-0.2, -0.15) is 0 Å². The molecule has 0 bridgehead atoms. The SMILES string of the molecule is CC(Cc1ccco1)NC(=O)c1cccc(OCc2ccccc2)c1. The van der Waals surface area contributed by atoms with Crippen LogP contribution in [-0.2, 0) is 13.0 Å². The Hall–Kier alpha value is -3.01. The van der Waals surface area contributed by atoms with Crippen molar-refractivity contribution >= 4 is 5.91 Å². The summed E-state index contributed by atoms with van der Waals surface area (Å²) in [5, 5.41) is 2.98.